The summed E-state index contributed by atoms with van der Waals surface area (Å²) in [7, 11) is 0. The summed E-state index contributed by atoms with van der Waals surface area (Å²) in [6.07, 6.45) is 18.2. The third-order valence-electron chi connectivity index (χ3n) is 4.78. The van der Waals surface area contributed by atoms with E-state index in [0.29, 0.717) is 19.1 Å². The highest BCUT2D eigenvalue weighted by Crippen LogP contribution is 2.24. The van der Waals surface area contributed by atoms with Crippen molar-refractivity contribution >= 4 is 11.9 Å². The molecule has 4 nitrogen and oxygen atoms in total. The molecule has 0 unspecified atom stereocenters. The number of carbonyl (C=O) groups excluding carboxylic acids is 2. The second-order valence-electron chi connectivity index (χ2n) is 7.11. The van der Waals surface area contributed by atoms with Crippen LogP contribution in [-0.2, 0) is 19.1 Å². The molecule has 0 radical (unpaired) electrons. The monoisotopic (exact) mass is 352 g/mol. The van der Waals surface area contributed by atoms with Crippen LogP contribution < -0.4 is 0 Å². The summed E-state index contributed by atoms with van der Waals surface area (Å²) >= 11 is 0. The van der Waals surface area contributed by atoms with Crippen LogP contribution in [0.5, 0.6) is 0 Å². The molecule has 1 aliphatic rings. The Kier molecular flexibility index (Phi) is 13.0. The van der Waals surface area contributed by atoms with E-state index in [1.54, 1.807) is 0 Å². The molecular formula is C21H36O4. The molecule has 0 spiro atoms. The first-order chi connectivity index (χ1) is 12.2. The number of hydrogen-bond acceptors (Lipinski definition) is 4. The van der Waals surface area contributed by atoms with Crippen LogP contribution in [0.25, 0.3) is 0 Å². The SMILES string of the molecule is CCCCCCCCCCCOC(=O)/C=C/C(=O)OCC1CCCC1. The van der Waals surface area contributed by atoms with Gasteiger partial charge in [-0.2, -0.15) is 0 Å². The maximum absolute atomic E-state index is 11.5. The molecule has 4 heteroatoms. The lowest BCUT2D eigenvalue weighted by molar-refractivity contribution is -0.141. The summed E-state index contributed by atoms with van der Waals surface area (Å²) in [4.78, 5) is 23.1. The standard InChI is InChI=1S/C21H36O4/c1-2-3-4-5-6-7-8-9-12-17-24-20(22)15-16-21(23)25-18-19-13-10-11-14-19/h15-16,19H,2-14,17-18H2,1H3/b16-15+. The van der Waals surface area contributed by atoms with Crippen LogP contribution in [0.4, 0.5) is 0 Å². The predicted octanol–water partition coefficient (Wildman–Crippen LogP) is 5.35. The molecule has 0 amide bonds. The minimum absolute atomic E-state index is 0.427. The Morgan fingerprint density at radius 3 is 1.92 bits per heavy atom. The van der Waals surface area contributed by atoms with E-state index in [-0.39, 0.29) is 0 Å². The Balaban J connectivity index is 1.91. The first-order valence-corrected chi connectivity index (χ1v) is 10.2. The van der Waals surface area contributed by atoms with Crippen LogP contribution in [0, 0.1) is 5.92 Å². The molecule has 0 aromatic carbocycles. The van der Waals surface area contributed by atoms with Gasteiger partial charge in [-0.15, -0.1) is 0 Å². The van der Waals surface area contributed by atoms with Crippen molar-refractivity contribution in [3.05, 3.63) is 12.2 Å². The number of hydrogen-bond donors (Lipinski definition) is 0. The smallest absolute Gasteiger partial charge is 0.331 e. The number of ether oxygens (including phenoxy) is 2. The zero-order valence-corrected chi connectivity index (χ0v) is 16.0. The summed E-state index contributed by atoms with van der Waals surface area (Å²) in [6, 6.07) is 0. The van der Waals surface area contributed by atoms with Gasteiger partial charge in [-0.05, 0) is 25.2 Å². The van der Waals surface area contributed by atoms with Gasteiger partial charge < -0.3 is 9.47 Å². The molecule has 1 saturated carbocycles. The van der Waals surface area contributed by atoms with Gasteiger partial charge in [0, 0.05) is 12.2 Å². The van der Waals surface area contributed by atoms with Crippen molar-refractivity contribution in [2.24, 2.45) is 5.92 Å². The molecule has 1 fully saturated rings. The molecule has 0 atom stereocenters. The fourth-order valence-corrected chi connectivity index (χ4v) is 3.19. The Labute approximate surface area is 153 Å². The van der Waals surface area contributed by atoms with Gasteiger partial charge in [-0.25, -0.2) is 9.59 Å². The highest BCUT2D eigenvalue weighted by atomic mass is 16.5. The number of esters is 2. The first-order valence-electron chi connectivity index (χ1n) is 10.2. The highest BCUT2D eigenvalue weighted by molar-refractivity contribution is 5.91. The third kappa shape index (κ3) is 12.7. The van der Waals surface area contributed by atoms with E-state index < -0.39 is 11.9 Å². The van der Waals surface area contributed by atoms with E-state index in [4.69, 9.17) is 9.47 Å². The molecule has 0 aliphatic heterocycles. The number of carbonyl (C=O) groups is 2. The molecule has 0 aromatic heterocycles. The highest BCUT2D eigenvalue weighted by Gasteiger charge is 2.16. The van der Waals surface area contributed by atoms with Gasteiger partial charge in [0.2, 0.25) is 0 Å². The van der Waals surface area contributed by atoms with Crippen LogP contribution >= 0.6 is 0 Å². The average Bonchev–Trinajstić information content (AvgIpc) is 3.13. The largest absolute Gasteiger partial charge is 0.463 e. The minimum atomic E-state index is -0.461. The molecule has 1 aliphatic carbocycles. The fraction of sp³-hybridized carbons (Fsp3) is 0.810. The lowest BCUT2D eigenvalue weighted by atomic mass is 10.1. The van der Waals surface area contributed by atoms with Crippen LogP contribution in [0.15, 0.2) is 12.2 Å². The molecular weight excluding hydrogens is 316 g/mol. The molecule has 0 heterocycles. The second kappa shape index (κ2) is 15.0. The normalized spacial score (nSPS) is 14.9. The Hall–Kier alpha value is -1.32. The van der Waals surface area contributed by atoms with Gasteiger partial charge in [0.25, 0.3) is 0 Å². The molecule has 1 rings (SSSR count). The quantitative estimate of drug-likeness (QED) is 0.240. The van der Waals surface area contributed by atoms with Gasteiger partial charge >= 0.3 is 11.9 Å². The maximum Gasteiger partial charge on any atom is 0.331 e. The van der Waals surface area contributed by atoms with Crippen molar-refractivity contribution in [3.63, 3.8) is 0 Å². The number of unbranched alkanes of at least 4 members (excludes halogenated alkanes) is 8. The Morgan fingerprint density at radius 1 is 0.800 bits per heavy atom. The minimum Gasteiger partial charge on any atom is -0.463 e. The van der Waals surface area contributed by atoms with E-state index >= 15 is 0 Å². The van der Waals surface area contributed by atoms with Crippen LogP contribution in [0.1, 0.15) is 90.4 Å². The molecule has 0 saturated heterocycles. The van der Waals surface area contributed by atoms with Gasteiger partial charge in [0.15, 0.2) is 0 Å². The lowest BCUT2D eigenvalue weighted by Gasteiger charge is -2.07. The van der Waals surface area contributed by atoms with Gasteiger partial charge in [0.1, 0.15) is 0 Å². The zero-order chi connectivity index (χ0) is 18.2. The van der Waals surface area contributed by atoms with Crippen molar-refractivity contribution in [1.29, 1.82) is 0 Å². The maximum atomic E-state index is 11.5. The number of rotatable bonds is 14. The Morgan fingerprint density at radius 2 is 1.32 bits per heavy atom. The molecule has 0 aromatic rings. The summed E-state index contributed by atoms with van der Waals surface area (Å²) < 4.78 is 10.2. The van der Waals surface area contributed by atoms with Crippen molar-refractivity contribution < 1.29 is 19.1 Å². The second-order valence-corrected chi connectivity index (χ2v) is 7.11. The van der Waals surface area contributed by atoms with Crippen LogP contribution in [0.3, 0.4) is 0 Å². The first kappa shape index (κ1) is 21.7. The summed E-state index contributed by atoms with van der Waals surface area (Å²) in [5.74, 6) is -0.416. The van der Waals surface area contributed by atoms with E-state index in [1.165, 1.54) is 69.9 Å². The topological polar surface area (TPSA) is 52.6 Å². The van der Waals surface area contributed by atoms with Crippen molar-refractivity contribution in [2.45, 2.75) is 90.4 Å². The summed E-state index contributed by atoms with van der Waals surface area (Å²) in [6.45, 7) is 3.13. The fourth-order valence-electron chi connectivity index (χ4n) is 3.19. The summed E-state index contributed by atoms with van der Waals surface area (Å²) in [5, 5.41) is 0. The van der Waals surface area contributed by atoms with E-state index in [1.807, 2.05) is 0 Å². The molecule has 25 heavy (non-hydrogen) atoms. The van der Waals surface area contributed by atoms with Crippen LogP contribution in [0.2, 0.25) is 0 Å². The van der Waals surface area contributed by atoms with E-state index in [0.717, 1.165) is 25.7 Å². The van der Waals surface area contributed by atoms with E-state index in [2.05, 4.69) is 6.92 Å². The average molecular weight is 353 g/mol. The zero-order valence-electron chi connectivity index (χ0n) is 16.0. The van der Waals surface area contributed by atoms with Crippen LogP contribution in [-0.4, -0.2) is 25.2 Å². The predicted molar refractivity (Wildman–Crippen MR) is 100 cm³/mol. The molecule has 0 N–H and O–H groups in total. The lowest BCUT2D eigenvalue weighted by Crippen LogP contribution is -2.10. The third-order valence-corrected chi connectivity index (χ3v) is 4.78. The summed E-state index contributed by atoms with van der Waals surface area (Å²) in [5.41, 5.74) is 0. The molecule has 144 valence electrons. The van der Waals surface area contributed by atoms with Crippen molar-refractivity contribution in [1.82, 2.24) is 0 Å². The Bertz CT molecular complexity index is 383. The van der Waals surface area contributed by atoms with Gasteiger partial charge in [0.05, 0.1) is 13.2 Å². The van der Waals surface area contributed by atoms with Gasteiger partial charge in [-0.1, -0.05) is 71.1 Å². The molecule has 0 bridgehead atoms. The van der Waals surface area contributed by atoms with E-state index in [9.17, 15) is 9.59 Å². The van der Waals surface area contributed by atoms with Crippen molar-refractivity contribution in [2.75, 3.05) is 13.2 Å². The van der Waals surface area contributed by atoms with Crippen molar-refractivity contribution in [3.8, 4) is 0 Å². The van der Waals surface area contributed by atoms with Gasteiger partial charge in [-0.3, -0.25) is 0 Å².